The summed E-state index contributed by atoms with van der Waals surface area (Å²) in [6.45, 7) is 2.35. The van der Waals surface area contributed by atoms with Gasteiger partial charge in [0.25, 0.3) is 0 Å². The molecule has 1 heterocycles. The molecular formula is C20H25FN2O2. The van der Waals surface area contributed by atoms with Gasteiger partial charge in [-0.2, -0.15) is 0 Å². The molecule has 0 aromatic heterocycles. The summed E-state index contributed by atoms with van der Waals surface area (Å²) in [5, 5.41) is 3.14. The second-order valence-corrected chi connectivity index (χ2v) is 7.99. The number of nitrogens with one attached hydrogen (secondary N) is 1. The molecule has 2 saturated carbocycles. The normalized spacial score (nSPS) is 32.2. The Kier molecular flexibility index (Phi) is 4.26. The lowest BCUT2D eigenvalue weighted by Crippen LogP contribution is -2.43. The maximum atomic E-state index is 13.9. The molecule has 4 nitrogen and oxygen atoms in total. The molecule has 134 valence electrons. The Hall–Kier alpha value is -1.91. The van der Waals surface area contributed by atoms with Gasteiger partial charge in [0.15, 0.2) is 0 Å². The highest BCUT2D eigenvalue weighted by molar-refractivity contribution is 6.00. The summed E-state index contributed by atoms with van der Waals surface area (Å²) in [7, 11) is 0. The van der Waals surface area contributed by atoms with Crippen molar-refractivity contribution in [3.63, 3.8) is 0 Å². The van der Waals surface area contributed by atoms with Crippen LogP contribution in [0.4, 0.5) is 10.1 Å². The zero-order valence-corrected chi connectivity index (χ0v) is 14.6. The number of anilines is 1. The summed E-state index contributed by atoms with van der Waals surface area (Å²) in [6.07, 6.45) is 5.32. The number of hydrogen-bond donors (Lipinski definition) is 1. The van der Waals surface area contributed by atoms with E-state index in [-0.39, 0.29) is 36.5 Å². The first-order valence-electron chi connectivity index (χ1n) is 9.38. The van der Waals surface area contributed by atoms with Crippen LogP contribution in [0.1, 0.15) is 39.0 Å². The number of rotatable bonds is 4. The summed E-state index contributed by atoms with van der Waals surface area (Å²) in [5.41, 5.74) is 0.268. The van der Waals surface area contributed by atoms with Crippen LogP contribution in [0, 0.1) is 29.5 Å². The van der Waals surface area contributed by atoms with Crippen LogP contribution in [-0.4, -0.2) is 24.4 Å². The Balaban J connectivity index is 1.38. The first kappa shape index (κ1) is 16.6. The Morgan fingerprint density at radius 3 is 2.76 bits per heavy atom. The molecule has 1 saturated heterocycles. The molecule has 5 heteroatoms. The number of halogens is 1. The third-order valence-corrected chi connectivity index (χ3v) is 6.44. The Bertz CT molecular complexity index is 692. The zero-order chi connectivity index (χ0) is 17.6. The lowest BCUT2D eigenvalue weighted by Gasteiger charge is -2.29. The van der Waals surface area contributed by atoms with E-state index in [0.29, 0.717) is 5.92 Å². The molecular weight excluding hydrogens is 319 g/mol. The van der Waals surface area contributed by atoms with Crippen LogP contribution in [0.15, 0.2) is 24.3 Å². The summed E-state index contributed by atoms with van der Waals surface area (Å²) >= 11 is 0. The first-order valence-corrected chi connectivity index (χ1v) is 9.38. The van der Waals surface area contributed by atoms with Crippen molar-refractivity contribution in [3.8, 4) is 0 Å². The highest BCUT2D eigenvalue weighted by Gasteiger charge is 2.43. The number of fused-ring (bicyclic) bond motifs is 2. The fraction of sp³-hybridized carbons (Fsp3) is 0.600. The molecule has 2 bridgehead atoms. The molecule has 3 aliphatic rings. The van der Waals surface area contributed by atoms with E-state index in [1.807, 2.05) is 0 Å². The second kappa shape index (κ2) is 6.43. The van der Waals surface area contributed by atoms with Crippen molar-refractivity contribution < 1.29 is 14.0 Å². The molecule has 1 aromatic rings. The Labute approximate surface area is 147 Å². The van der Waals surface area contributed by atoms with Crippen LogP contribution in [0.2, 0.25) is 0 Å². The third kappa shape index (κ3) is 3.05. The molecule has 1 N–H and O–H groups in total. The fourth-order valence-electron chi connectivity index (χ4n) is 5.14. The molecule has 5 unspecified atom stereocenters. The number of carbonyl (C=O) groups excluding carboxylic acids is 2. The Morgan fingerprint density at radius 1 is 1.28 bits per heavy atom. The summed E-state index contributed by atoms with van der Waals surface area (Å²) in [6, 6.07) is 6.38. The SMILES string of the molecule is CC(NC(=O)C1CC(=O)N(c2ccccc2F)C1)C1CC2CCC1C2. The van der Waals surface area contributed by atoms with Gasteiger partial charge in [0, 0.05) is 19.0 Å². The van der Waals surface area contributed by atoms with E-state index in [2.05, 4.69) is 12.2 Å². The van der Waals surface area contributed by atoms with Crippen LogP contribution >= 0.6 is 0 Å². The minimum absolute atomic E-state index is 0.0672. The lowest BCUT2D eigenvalue weighted by molar-refractivity contribution is -0.127. The van der Waals surface area contributed by atoms with Crippen LogP contribution in [0.3, 0.4) is 0 Å². The molecule has 1 aliphatic heterocycles. The van der Waals surface area contributed by atoms with Crippen LogP contribution in [0.5, 0.6) is 0 Å². The number of para-hydroxylation sites is 1. The standard InChI is InChI=1S/C20H25FN2O2/c1-12(16-9-13-6-7-14(16)8-13)22-20(25)15-10-19(24)23(11-15)18-5-3-2-4-17(18)21/h2-5,12-16H,6-11H2,1H3,(H,22,25). The lowest BCUT2D eigenvalue weighted by atomic mass is 9.84. The number of benzene rings is 1. The summed E-state index contributed by atoms with van der Waals surface area (Å²) in [5.74, 6) is 1.10. The van der Waals surface area contributed by atoms with E-state index in [1.54, 1.807) is 18.2 Å². The van der Waals surface area contributed by atoms with E-state index >= 15 is 0 Å². The number of nitrogens with zero attached hydrogens (tertiary/aromatic N) is 1. The van der Waals surface area contributed by atoms with Crippen LogP contribution in [-0.2, 0) is 9.59 Å². The van der Waals surface area contributed by atoms with Gasteiger partial charge < -0.3 is 10.2 Å². The van der Waals surface area contributed by atoms with Gasteiger partial charge in [0.05, 0.1) is 11.6 Å². The van der Waals surface area contributed by atoms with Crippen molar-refractivity contribution in [1.82, 2.24) is 5.32 Å². The summed E-state index contributed by atoms with van der Waals surface area (Å²) in [4.78, 5) is 26.3. The maximum Gasteiger partial charge on any atom is 0.227 e. The molecule has 4 rings (SSSR count). The monoisotopic (exact) mass is 344 g/mol. The maximum absolute atomic E-state index is 13.9. The molecule has 1 aromatic carbocycles. The molecule has 2 amide bonds. The van der Waals surface area contributed by atoms with E-state index < -0.39 is 11.7 Å². The smallest absolute Gasteiger partial charge is 0.227 e. The van der Waals surface area contributed by atoms with Gasteiger partial charge in [-0.1, -0.05) is 18.6 Å². The van der Waals surface area contributed by atoms with Crippen molar-refractivity contribution in [2.45, 2.75) is 45.1 Å². The predicted octanol–water partition coefficient (Wildman–Crippen LogP) is 3.12. The molecule has 0 radical (unpaired) electrons. The number of hydrogen-bond acceptors (Lipinski definition) is 2. The van der Waals surface area contributed by atoms with Crippen molar-refractivity contribution in [2.24, 2.45) is 23.7 Å². The van der Waals surface area contributed by atoms with Crippen molar-refractivity contribution in [2.75, 3.05) is 11.4 Å². The topological polar surface area (TPSA) is 49.4 Å². The van der Waals surface area contributed by atoms with Gasteiger partial charge in [-0.25, -0.2) is 4.39 Å². The predicted molar refractivity (Wildman–Crippen MR) is 93.4 cm³/mol. The quantitative estimate of drug-likeness (QED) is 0.912. The third-order valence-electron chi connectivity index (χ3n) is 6.44. The number of amides is 2. The van der Waals surface area contributed by atoms with Gasteiger partial charge in [-0.15, -0.1) is 0 Å². The first-order chi connectivity index (χ1) is 12.0. The van der Waals surface area contributed by atoms with Crippen LogP contribution in [0.25, 0.3) is 0 Å². The molecule has 25 heavy (non-hydrogen) atoms. The highest BCUT2D eigenvalue weighted by atomic mass is 19.1. The summed E-state index contributed by atoms with van der Waals surface area (Å²) < 4.78 is 13.9. The van der Waals surface area contributed by atoms with Crippen LogP contribution < -0.4 is 10.2 Å². The van der Waals surface area contributed by atoms with Crippen molar-refractivity contribution in [3.05, 3.63) is 30.1 Å². The average Bonchev–Trinajstić information content (AvgIpc) is 3.30. The Morgan fingerprint density at radius 2 is 2.08 bits per heavy atom. The number of carbonyl (C=O) groups is 2. The highest BCUT2D eigenvalue weighted by Crippen LogP contribution is 2.49. The van der Waals surface area contributed by atoms with E-state index in [1.165, 1.54) is 36.6 Å². The molecule has 0 spiro atoms. The van der Waals surface area contributed by atoms with Gasteiger partial charge in [-0.05, 0) is 56.1 Å². The molecule has 2 aliphatic carbocycles. The van der Waals surface area contributed by atoms with E-state index in [4.69, 9.17) is 0 Å². The molecule has 5 atom stereocenters. The van der Waals surface area contributed by atoms with Gasteiger partial charge in [-0.3, -0.25) is 9.59 Å². The van der Waals surface area contributed by atoms with Crippen molar-refractivity contribution in [1.29, 1.82) is 0 Å². The van der Waals surface area contributed by atoms with Gasteiger partial charge in [0.2, 0.25) is 11.8 Å². The largest absolute Gasteiger partial charge is 0.353 e. The van der Waals surface area contributed by atoms with Gasteiger partial charge in [0.1, 0.15) is 5.82 Å². The fourth-order valence-corrected chi connectivity index (χ4v) is 5.14. The van der Waals surface area contributed by atoms with E-state index in [0.717, 1.165) is 11.8 Å². The van der Waals surface area contributed by atoms with E-state index in [9.17, 15) is 14.0 Å². The van der Waals surface area contributed by atoms with Gasteiger partial charge >= 0.3 is 0 Å². The average molecular weight is 344 g/mol. The van der Waals surface area contributed by atoms with Crippen molar-refractivity contribution >= 4 is 17.5 Å². The molecule has 3 fully saturated rings. The minimum Gasteiger partial charge on any atom is -0.353 e. The second-order valence-electron chi connectivity index (χ2n) is 7.99. The zero-order valence-electron chi connectivity index (χ0n) is 14.6. The minimum atomic E-state index is -0.424.